The molecule has 0 aliphatic carbocycles. The Hall–Kier alpha value is -1.84. The maximum absolute atomic E-state index is 11.1. The van der Waals surface area contributed by atoms with Crippen molar-refractivity contribution in [2.75, 3.05) is 5.73 Å². The molecule has 5 N–H and O–H groups in total. The van der Waals surface area contributed by atoms with E-state index in [4.69, 9.17) is 33.1 Å². The zero-order valence-corrected chi connectivity index (χ0v) is 12.8. The Balaban J connectivity index is 0.000000422. The predicted molar refractivity (Wildman–Crippen MR) is 79.2 cm³/mol. The van der Waals surface area contributed by atoms with Gasteiger partial charge in [-0.05, 0) is 43.0 Å². The molecular weight excluding hydrogens is 314 g/mol. The fourth-order valence-corrected chi connectivity index (χ4v) is 2.31. The van der Waals surface area contributed by atoms with Crippen molar-refractivity contribution in [1.29, 1.82) is 0 Å². The highest BCUT2D eigenvalue weighted by molar-refractivity contribution is 7.79. The summed E-state index contributed by atoms with van der Waals surface area (Å²) in [7, 11) is -4.67. The first-order chi connectivity index (χ1) is 10.1. The minimum absolute atomic E-state index is 0.228. The number of fused-ring (bicyclic) bond motifs is 1. The van der Waals surface area contributed by atoms with Gasteiger partial charge >= 0.3 is 16.4 Å². The lowest BCUT2D eigenvalue weighted by Gasteiger charge is -2.29. The fourth-order valence-electron chi connectivity index (χ4n) is 2.31. The lowest BCUT2D eigenvalue weighted by molar-refractivity contribution is -0.145. The van der Waals surface area contributed by atoms with Gasteiger partial charge in [0.2, 0.25) is 0 Å². The molecule has 0 aromatic heterocycles. The zero-order valence-electron chi connectivity index (χ0n) is 12.0. The van der Waals surface area contributed by atoms with Crippen LogP contribution in [0.2, 0.25) is 0 Å². The van der Waals surface area contributed by atoms with Gasteiger partial charge in [-0.1, -0.05) is 6.92 Å². The lowest BCUT2D eigenvalue weighted by atomic mass is 9.91. The van der Waals surface area contributed by atoms with Crippen molar-refractivity contribution >= 4 is 22.1 Å². The standard InChI is InChI=1S/C13H17NO3.H2O4S/c1-2-10(13(15)16)12-5-3-8-7-9(14)4-6-11(8)17-12;1-5(2,3)4/h4,6-7,10,12H,2-3,5,14H2,1H3,(H,15,16);(H2,1,2,3,4)/t10-,12?;/m0./s1. The van der Waals surface area contributed by atoms with Crippen molar-refractivity contribution in [3.8, 4) is 5.75 Å². The number of hydrogen-bond donors (Lipinski definition) is 4. The van der Waals surface area contributed by atoms with E-state index in [-0.39, 0.29) is 6.10 Å². The van der Waals surface area contributed by atoms with Gasteiger partial charge < -0.3 is 15.6 Å². The quantitative estimate of drug-likeness (QED) is 0.479. The molecule has 1 aliphatic heterocycles. The van der Waals surface area contributed by atoms with Crippen LogP contribution in [0.4, 0.5) is 5.69 Å². The van der Waals surface area contributed by atoms with Crippen molar-refractivity contribution in [1.82, 2.24) is 0 Å². The number of nitrogen functional groups attached to an aromatic ring is 1. The second-order valence-electron chi connectivity index (χ2n) is 4.86. The van der Waals surface area contributed by atoms with Gasteiger partial charge in [-0.3, -0.25) is 13.9 Å². The van der Waals surface area contributed by atoms with E-state index in [1.807, 2.05) is 19.1 Å². The summed E-state index contributed by atoms with van der Waals surface area (Å²) < 4.78 is 37.3. The van der Waals surface area contributed by atoms with Gasteiger partial charge in [0, 0.05) is 5.69 Å². The summed E-state index contributed by atoms with van der Waals surface area (Å²) in [6.45, 7) is 1.88. The van der Waals surface area contributed by atoms with Crippen LogP contribution in [0, 0.1) is 5.92 Å². The number of aryl methyl sites for hydroxylation is 1. The van der Waals surface area contributed by atoms with Gasteiger partial charge in [0.15, 0.2) is 0 Å². The molecule has 8 nitrogen and oxygen atoms in total. The van der Waals surface area contributed by atoms with E-state index < -0.39 is 22.3 Å². The summed E-state index contributed by atoms with van der Waals surface area (Å²) in [4.78, 5) is 11.1. The number of carboxylic acids is 1. The van der Waals surface area contributed by atoms with E-state index in [2.05, 4.69) is 0 Å². The van der Waals surface area contributed by atoms with Crippen LogP contribution in [-0.2, 0) is 21.6 Å². The molecule has 0 fully saturated rings. The SMILES string of the molecule is CC[C@H](C(=O)O)C1CCc2cc(N)ccc2O1.O=S(=O)(O)O. The fraction of sp³-hybridized carbons (Fsp3) is 0.462. The number of carbonyl (C=O) groups is 1. The summed E-state index contributed by atoms with van der Waals surface area (Å²) >= 11 is 0. The highest BCUT2D eigenvalue weighted by Crippen LogP contribution is 2.32. The van der Waals surface area contributed by atoms with Crippen LogP contribution < -0.4 is 10.5 Å². The van der Waals surface area contributed by atoms with E-state index in [0.717, 1.165) is 29.8 Å². The molecule has 0 amide bonds. The number of aliphatic carboxylic acids is 1. The molecule has 0 radical (unpaired) electrons. The average Bonchev–Trinajstić information content (AvgIpc) is 2.37. The van der Waals surface area contributed by atoms with Crippen molar-refractivity contribution in [2.24, 2.45) is 5.92 Å². The molecule has 1 aromatic rings. The second kappa shape index (κ2) is 7.43. The molecular formula is C13H19NO7S. The molecule has 0 spiro atoms. The Morgan fingerprint density at radius 1 is 1.45 bits per heavy atom. The van der Waals surface area contributed by atoms with Crippen molar-refractivity contribution < 1.29 is 32.2 Å². The number of benzene rings is 1. The summed E-state index contributed by atoms with van der Waals surface area (Å²) in [5.74, 6) is -0.438. The van der Waals surface area contributed by atoms with E-state index in [0.29, 0.717) is 6.42 Å². The van der Waals surface area contributed by atoms with Crippen molar-refractivity contribution in [2.45, 2.75) is 32.3 Å². The maximum Gasteiger partial charge on any atom is 0.394 e. The van der Waals surface area contributed by atoms with Crippen LogP contribution in [0.1, 0.15) is 25.3 Å². The van der Waals surface area contributed by atoms with Gasteiger partial charge in [-0.25, -0.2) is 0 Å². The number of rotatable bonds is 3. The van der Waals surface area contributed by atoms with E-state index >= 15 is 0 Å². The largest absolute Gasteiger partial charge is 0.489 e. The topological polar surface area (TPSA) is 147 Å². The third-order valence-corrected chi connectivity index (χ3v) is 3.27. The average molecular weight is 333 g/mol. The van der Waals surface area contributed by atoms with Gasteiger partial charge in [0.05, 0.1) is 5.92 Å². The van der Waals surface area contributed by atoms with Gasteiger partial charge in [0.1, 0.15) is 11.9 Å². The first-order valence-corrected chi connectivity index (χ1v) is 7.99. The van der Waals surface area contributed by atoms with Gasteiger partial charge in [-0.2, -0.15) is 8.42 Å². The summed E-state index contributed by atoms with van der Waals surface area (Å²) in [6, 6.07) is 5.50. The van der Waals surface area contributed by atoms with Gasteiger partial charge in [-0.15, -0.1) is 0 Å². The molecule has 1 heterocycles. The van der Waals surface area contributed by atoms with Crippen LogP contribution in [-0.4, -0.2) is 34.7 Å². The lowest BCUT2D eigenvalue weighted by Crippen LogP contribution is -2.35. The number of anilines is 1. The molecule has 1 unspecified atom stereocenters. The van der Waals surface area contributed by atoms with Crippen molar-refractivity contribution in [3.05, 3.63) is 23.8 Å². The Bertz CT molecular complexity index is 621. The Kier molecular flexibility index (Phi) is 6.15. The molecule has 124 valence electrons. The van der Waals surface area contributed by atoms with E-state index in [1.54, 1.807) is 6.07 Å². The molecule has 2 rings (SSSR count). The molecule has 22 heavy (non-hydrogen) atoms. The molecule has 0 bridgehead atoms. The Morgan fingerprint density at radius 2 is 2.05 bits per heavy atom. The summed E-state index contributed by atoms with van der Waals surface area (Å²) in [5, 5.41) is 9.12. The highest BCUT2D eigenvalue weighted by Gasteiger charge is 2.31. The van der Waals surface area contributed by atoms with E-state index in [1.165, 1.54) is 0 Å². The smallest absolute Gasteiger partial charge is 0.394 e. The molecule has 0 saturated carbocycles. The van der Waals surface area contributed by atoms with Crippen LogP contribution in [0.5, 0.6) is 5.75 Å². The molecule has 0 saturated heterocycles. The third-order valence-electron chi connectivity index (χ3n) is 3.27. The minimum atomic E-state index is -4.67. The number of nitrogens with two attached hydrogens (primary N) is 1. The summed E-state index contributed by atoms with van der Waals surface area (Å²) in [6.07, 6.45) is 1.93. The van der Waals surface area contributed by atoms with Crippen molar-refractivity contribution in [3.63, 3.8) is 0 Å². The second-order valence-corrected chi connectivity index (χ2v) is 5.76. The normalized spacial score (nSPS) is 18.2. The zero-order chi connectivity index (χ0) is 16.9. The molecule has 9 heteroatoms. The Labute approximate surface area is 128 Å². The first-order valence-electron chi connectivity index (χ1n) is 6.59. The minimum Gasteiger partial charge on any atom is -0.489 e. The number of ether oxygens (including phenoxy) is 1. The monoisotopic (exact) mass is 333 g/mol. The van der Waals surface area contributed by atoms with Crippen LogP contribution in [0.25, 0.3) is 0 Å². The van der Waals surface area contributed by atoms with E-state index in [9.17, 15) is 4.79 Å². The molecule has 2 atom stereocenters. The number of hydrogen-bond acceptors (Lipinski definition) is 5. The highest BCUT2D eigenvalue weighted by atomic mass is 32.3. The number of carboxylic acid groups (broad SMARTS) is 1. The molecule has 1 aliphatic rings. The Morgan fingerprint density at radius 3 is 2.55 bits per heavy atom. The van der Waals surface area contributed by atoms with Gasteiger partial charge in [0.25, 0.3) is 0 Å². The first kappa shape index (κ1) is 18.2. The van der Waals surface area contributed by atoms with Crippen LogP contribution in [0.15, 0.2) is 18.2 Å². The third kappa shape index (κ3) is 5.88. The molecule has 1 aromatic carbocycles. The summed E-state index contributed by atoms with van der Waals surface area (Å²) in [5.41, 5.74) is 7.49. The van der Waals surface area contributed by atoms with Crippen LogP contribution >= 0.6 is 0 Å². The predicted octanol–water partition coefficient (Wildman–Crippen LogP) is 1.42. The van der Waals surface area contributed by atoms with Crippen LogP contribution in [0.3, 0.4) is 0 Å². The maximum atomic E-state index is 11.1.